The molecule has 2 saturated heterocycles. The van der Waals surface area contributed by atoms with Gasteiger partial charge in [-0.15, -0.1) is 10.1 Å². The van der Waals surface area contributed by atoms with E-state index in [0.717, 1.165) is 6.54 Å². The second-order valence-electron chi connectivity index (χ2n) is 1.23. The first-order valence-corrected chi connectivity index (χ1v) is 1.57. The van der Waals surface area contributed by atoms with Gasteiger partial charge in [0, 0.05) is 0 Å². The van der Waals surface area contributed by atoms with Gasteiger partial charge in [0.05, 0.1) is 6.54 Å². The molecule has 2 aliphatic rings. The Balaban J connectivity index is 2.19. The molecule has 2 atom stereocenters. The molecular formula is C2H3NO2. The van der Waals surface area contributed by atoms with Crippen LogP contribution in [0.15, 0.2) is 0 Å². The number of hydroxylamine groups is 2. The quantitative estimate of drug-likeness (QED) is 0.285. The van der Waals surface area contributed by atoms with Crippen molar-refractivity contribution in [3.8, 4) is 0 Å². The molecule has 0 radical (unpaired) electrons. The minimum Gasteiger partial charge on any atom is -0.195 e. The van der Waals surface area contributed by atoms with Gasteiger partial charge in [-0.2, -0.15) is 4.89 Å². The largest absolute Gasteiger partial charge is 0.195 e. The van der Waals surface area contributed by atoms with E-state index in [4.69, 9.17) is 0 Å². The van der Waals surface area contributed by atoms with E-state index < -0.39 is 0 Å². The van der Waals surface area contributed by atoms with Gasteiger partial charge in [0.15, 0.2) is 6.23 Å². The first kappa shape index (κ1) is 2.12. The van der Waals surface area contributed by atoms with Crippen molar-refractivity contribution in [2.75, 3.05) is 6.54 Å². The Bertz CT molecular complexity index is 52.7. The molecule has 0 N–H and O–H groups in total. The number of hydrogen-bond donors (Lipinski definition) is 0. The van der Waals surface area contributed by atoms with Gasteiger partial charge >= 0.3 is 0 Å². The third-order valence-electron chi connectivity index (χ3n) is 0.774. The SMILES string of the molecule is C1C2OON12. The Kier molecular flexibility index (Phi) is 0.173. The summed E-state index contributed by atoms with van der Waals surface area (Å²) in [5.41, 5.74) is 0. The molecule has 0 aromatic carbocycles. The molecule has 2 aliphatic heterocycles. The van der Waals surface area contributed by atoms with Crippen LogP contribution in [0.3, 0.4) is 0 Å². The zero-order valence-corrected chi connectivity index (χ0v) is 2.55. The zero-order valence-electron chi connectivity index (χ0n) is 2.55. The Morgan fingerprint density at radius 3 is 2.60 bits per heavy atom. The monoisotopic (exact) mass is 73.0 g/mol. The molecule has 0 aromatic rings. The van der Waals surface area contributed by atoms with Crippen LogP contribution >= 0.6 is 0 Å². The minimum absolute atomic E-state index is 0.343. The summed E-state index contributed by atoms with van der Waals surface area (Å²) in [6, 6.07) is 0. The van der Waals surface area contributed by atoms with E-state index in [-0.39, 0.29) is 0 Å². The number of hydrogen-bond acceptors (Lipinski definition) is 3. The molecule has 2 heterocycles. The molecule has 3 nitrogen and oxygen atoms in total. The Labute approximate surface area is 29.0 Å². The fourth-order valence-corrected chi connectivity index (χ4v) is 0.332. The predicted molar refractivity (Wildman–Crippen MR) is 12.7 cm³/mol. The summed E-state index contributed by atoms with van der Waals surface area (Å²) in [6.45, 7) is 0.972. The van der Waals surface area contributed by atoms with Crippen molar-refractivity contribution in [3.05, 3.63) is 0 Å². The first-order valence-electron chi connectivity index (χ1n) is 1.57. The van der Waals surface area contributed by atoms with Gasteiger partial charge in [-0.3, -0.25) is 0 Å². The average Bonchev–Trinajstić information content (AvgIpc) is 1.74. The van der Waals surface area contributed by atoms with Gasteiger partial charge in [0.2, 0.25) is 0 Å². The predicted octanol–water partition coefficient (Wildman–Crippen LogP) is -0.495. The zero-order chi connectivity index (χ0) is 3.28. The molecule has 0 saturated carbocycles. The molecule has 0 amide bonds. The van der Waals surface area contributed by atoms with Gasteiger partial charge in [0.25, 0.3) is 0 Å². The minimum atomic E-state index is 0.343. The van der Waals surface area contributed by atoms with Crippen LogP contribution in [0.25, 0.3) is 0 Å². The van der Waals surface area contributed by atoms with Crippen LogP contribution < -0.4 is 0 Å². The van der Waals surface area contributed by atoms with E-state index in [1.807, 2.05) is 0 Å². The van der Waals surface area contributed by atoms with Gasteiger partial charge < -0.3 is 0 Å². The maximum Gasteiger partial charge on any atom is 0.188 e. The van der Waals surface area contributed by atoms with Crippen molar-refractivity contribution < 1.29 is 9.88 Å². The highest BCUT2D eigenvalue weighted by Gasteiger charge is 2.48. The molecule has 0 aromatic heterocycles. The Hall–Kier alpha value is -0.120. The summed E-state index contributed by atoms with van der Waals surface area (Å²) in [4.78, 5) is 8.77. The third-order valence-corrected chi connectivity index (χ3v) is 0.774. The number of nitrogens with zero attached hydrogens (tertiary/aromatic N) is 1. The fraction of sp³-hybridized carbons (Fsp3) is 1.00. The maximum atomic E-state index is 4.43. The van der Waals surface area contributed by atoms with Crippen molar-refractivity contribution in [1.29, 1.82) is 0 Å². The van der Waals surface area contributed by atoms with Gasteiger partial charge in [-0.1, -0.05) is 0 Å². The molecule has 2 fully saturated rings. The smallest absolute Gasteiger partial charge is 0.188 e. The normalized spacial score (nSPS) is 57.6. The first-order chi connectivity index (χ1) is 2.47. The van der Waals surface area contributed by atoms with Crippen LogP contribution in [0.2, 0.25) is 0 Å². The molecular weight excluding hydrogens is 70.0 g/mol. The lowest BCUT2D eigenvalue weighted by Gasteiger charge is -2.07. The van der Waals surface area contributed by atoms with Crippen LogP contribution in [0, 0.1) is 0 Å². The summed E-state index contributed by atoms with van der Waals surface area (Å²) in [7, 11) is 0. The highest BCUT2D eigenvalue weighted by molar-refractivity contribution is 4.73. The van der Waals surface area contributed by atoms with Gasteiger partial charge in [-0.25, -0.2) is 0 Å². The van der Waals surface area contributed by atoms with Crippen LogP contribution in [-0.4, -0.2) is 17.8 Å². The molecule has 0 aliphatic carbocycles. The van der Waals surface area contributed by atoms with Crippen molar-refractivity contribution in [3.63, 3.8) is 0 Å². The maximum absolute atomic E-state index is 4.43. The Morgan fingerprint density at radius 1 is 1.80 bits per heavy atom. The Morgan fingerprint density at radius 2 is 2.60 bits per heavy atom. The topological polar surface area (TPSA) is 21.5 Å². The summed E-state index contributed by atoms with van der Waals surface area (Å²) < 4.78 is 0. The highest BCUT2D eigenvalue weighted by Crippen LogP contribution is 2.28. The lowest BCUT2D eigenvalue weighted by Crippen LogP contribution is -2.17. The number of rotatable bonds is 0. The molecule has 2 rings (SSSR count). The van der Waals surface area contributed by atoms with Crippen molar-refractivity contribution >= 4 is 0 Å². The molecule has 0 bridgehead atoms. The van der Waals surface area contributed by atoms with Crippen LogP contribution in [0.5, 0.6) is 0 Å². The van der Waals surface area contributed by atoms with Crippen LogP contribution in [0.1, 0.15) is 0 Å². The van der Waals surface area contributed by atoms with Gasteiger partial charge in [0.1, 0.15) is 0 Å². The lowest BCUT2D eigenvalue weighted by atomic mass is 10.9. The summed E-state index contributed by atoms with van der Waals surface area (Å²) in [5, 5.41) is 1.75. The standard InChI is InChI=1S/C2H3NO2/c1-2-3(1)5-4-2/h2H,1H2. The highest BCUT2D eigenvalue weighted by atomic mass is 17.4. The van der Waals surface area contributed by atoms with Crippen LogP contribution in [-0.2, 0) is 9.88 Å². The fourth-order valence-electron chi connectivity index (χ4n) is 0.332. The summed E-state index contributed by atoms with van der Waals surface area (Å²) >= 11 is 0. The van der Waals surface area contributed by atoms with E-state index >= 15 is 0 Å². The second kappa shape index (κ2) is 0.408. The van der Waals surface area contributed by atoms with E-state index in [2.05, 4.69) is 9.88 Å². The summed E-state index contributed by atoms with van der Waals surface area (Å²) in [5.74, 6) is 0. The molecule has 2 unspecified atom stereocenters. The number of fused-ring (bicyclic) bond motifs is 1. The van der Waals surface area contributed by atoms with Crippen molar-refractivity contribution in [2.24, 2.45) is 0 Å². The average molecular weight is 73.1 g/mol. The van der Waals surface area contributed by atoms with E-state index in [1.54, 1.807) is 5.06 Å². The molecule has 28 valence electrons. The van der Waals surface area contributed by atoms with Crippen molar-refractivity contribution in [1.82, 2.24) is 5.06 Å². The second-order valence-corrected chi connectivity index (χ2v) is 1.23. The van der Waals surface area contributed by atoms with E-state index in [9.17, 15) is 0 Å². The molecule has 0 spiro atoms. The summed E-state index contributed by atoms with van der Waals surface area (Å²) in [6.07, 6.45) is 0.343. The van der Waals surface area contributed by atoms with Gasteiger partial charge in [-0.05, 0) is 0 Å². The van der Waals surface area contributed by atoms with E-state index in [0.29, 0.717) is 6.23 Å². The van der Waals surface area contributed by atoms with E-state index in [1.165, 1.54) is 0 Å². The lowest BCUT2D eigenvalue weighted by molar-refractivity contribution is -0.498. The van der Waals surface area contributed by atoms with Crippen molar-refractivity contribution in [2.45, 2.75) is 6.23 Å². The third kappa shape index (κ3) is 0.116. The molecule has 5 heavy (non-hydrogen) atoms. The van der Waals surface area contributed by atoms with Crippen LogP contribution in [0.4, 0.5) is 0 Å². The molecule has 3 heteroatoms.